The molecule has 1 aliphatic rings. The van der Waals surface area contributed by atoms with Gasteiger partial charge in [-0.1, -0.05) is 41.9 Å². The second-order valence-electron chi connectivity index (χ2n) is 6.91. The van der Waals surface area contributed by atoms with E-state index in [0.29, 0.717) is 27.0 Å². The fourth-order valence-corrected chi connectivity index (χ4v) is 4.88. The lowest BCUT2D eigenvalue weighted by atomic mass is 10.2. The Balaban J connectivity index is 1.68. The number of phenols is 1. The summed E-state index contributed by atoms with van der Waals surface area (Å²) in [7, 11) is 0. The van der Waals surface area contributed by atoms with Crippen molar-refractivity contribution in [3.05, 3.63) is 99.8 Å². The summed E-state index contributed by atoms with van der Waals surface area (Å²) in [5, 5.41) is 11.1. The van der Waals surface area contributed by atoms with Crippen LogP contribution in [0.5, 0.6) is 5.75 Å². The van der Waals surface area contributed by atoms with E-state index < -0.39 is 0 Å². The standard InChI is InChI=1S/C24H14ClFN2O2S/c25-21-18-3-1-2-4-20(18)31-22(21)23-27-19(13-14-5-7-15(26)8-6-14)24(30)28(23)16-9-11-17(29)12-10-16/h1-13,29H/b19-13+. The van der Waals surface area contributed by atoms with Crippen molar-refractivity contribution < 1.29 is 14.3 Å². The van der Waals surface area contributed by atoms with Crippen LogP contribution in [0, 0.1) is 5.82 Å². The van der Waals surface area contributed by atoms with Gasteiger partial charge in [-0.15, -0.1) is 11.3 Å². The minimum absolute atomic E-state index is 0.0934. The van der Waals surface area contributed by atoms with Crippen molar-refractivity contribution in [2.24, 2.45) is 4.99 Å². The number of rotatable bonds is 3. The van der Waals surface area contributed by atoms with Crippen molar-refractivity contribution in [1.82, 2.24) is 0 Å². The Kier molecular flexibility index (Phi) is 4.81. The van der Waals surface area contributed by atoms with Gasteiger partial charge in [-0.3, -0.25) is 9.69 Å². The smallest absolute Gasteiger partial charge is 0.282 e. The Morgan fingerprint density at radius 1 is 1.00 bits per heavy atom. The Bertz CT molecular complexity index is 1380. The first-order chi connectivity index (χ1) is 15.0. The summed E-state index contributed by atoms with van der Waals surface area (Å²) >= 11 is 8.13. The Morgan fingerprint density at radius 2 is 1.71 bits per heavy atom. The molecule has 7 heteroatoms. The van der Waals surface area contributed by atoms with Gasteiger partial charge in [-0.05, 0) is 54.1 Å². The SMILES string of the molecule is O=C1/C(=C\c2ccc(F)cc2)N=C(c2sc3ccccc3c2Cl)N1c1ccc(O)cc1. The number of benzene rings is 3. The number of anilines is 1. The molecule has 1 amide bonds. The van der Waals surface area contributed by atoms with Crippen molar-refractivity contribution in [2.45, 2.75) is 0 Å². The normalized spacial score (nSPS) is 15.2. The molecule has 31 heavy (non-hydrogen) atoms. The maximum atomic E-state index is 13.3. The molecule has 5 rings (SSSR count). The third-order valence-electron chi connectivity index (χ3n) is 4.88. The molecule has 3 aromatic carbocycles. The molecule has 1 aliphatic heterocycles. The van der Waals surface area contributed by atoms with Gasteiger partial charge in [0.15, 0.2) is 5.84 Å². The number of carbonyl (C=O) groups excluding carboxylic acids is 1. The number of fused-ring (bicyclic) bond motifs is 1. The van der Waals surface area contributed by atoms with Gasteiger partial charge in [0.05, 0.1) is 15.6 Å². The molecule has 0 atom stereocenters. The highest BCUT2D eigenvalue weighted by molar-refractivity contribution is 7.21. The van der Waals surface area contributed by atoms with Crippen molar-refractivity contribution in [3.8, 4) is 5.75 Å². The lowest BCUT2D eigenvalue weighted by Gasteiger charge is -2.18. The molecule has 4 nitrogen and oxygen atoms in total. The fraction of sp³-hybridized carbons (Fsp3) is 0. The molecular weight excluding hydrogens is 435 g/mol. The van der Waals surface area contributed by atoms with Gasteiger partial charge in [-0.25, -0.2) is 9.38 Å². The summed E-state index contributed by atoms with van der Waals surface area (Å²) in [5.74, 6) is -0.184. The van der Waals surface area contributed by atoms with E-state index in [9.17, 15) is 14.3 Å². The van der Waals surface area contributed by atoms with E-state index in [0.717, 1.165) is 10.1 Å². The number of aliphatic imine (C=N–C) groups is 1. The van der Waals surface area contributed by atoms with Gasteiger partial charge >= 0.3 is 0 Å². The predicted molar refractivity (Wildman–Crippen MR) is 123 cm³/mol. The monoisotopic (exact) mass is 448 g/mol. The summed E-state index contributed by atoms with van der Waals surface area (Å²) in [6.07, 6.45) is 1.61. The molecule has 0 unspecified atom stereocenters. The molecule has 0 fully saturated rings. The minimum atomic E-state index is -0.355. The Hall–Kier alpha value is -3.48. The number of hydrogen-bond acceptors (Lipinski definition) is 4. The van der Waals surface area contributed by atoms with Crippen molar-refractivity contribution in [3.63, 3.8) is 0 Å². The van der Waals surface area contributed by atoms with Gasteiger partial charge in [0.25, 0.3) is 5.91 Å². The first-order valence-electron chi connectivity index (χ1n) is 9.38. The second kappa shape index (κ2) is 7.65. The number of halogens is 2. The van der Waals surface area contributed by atoms with Gasteiger partial charge in [0, 0.05) is 10.1 Å². The summed E-state index contributed by atoms with van der Waals surface area (Å²) in [4.78, 5) is 20.1. The Labute approximate surface area is 186 Å². The largest absolute Gasteiger partial charge is 0.508 e. The second-order valence-corrected chi connectivity index (χ2v) is 8.34. The van der Waals surface area contributed by atoms with Crippen LogP contribution in [0.2, 0.25) is 5.02 Å². The van der Waals surface area contributed by atoms with Crippen molar-refractivity contribution in [2.75, 3.05) is 4.90 Å². The molecule has 1 N–H and O–H groups in total. The number of phenolic OH excluding ortho intramolecular Hbond substituents is 1. The van der Waals surface area contributed by atoms with Gasteiger partial charge in [-0.2, -0.15) is 0 Å². The minimum Gasteiger partial charge on any atom is -0.508 e. The van der Waals surface area contributed by atoms with E-state index >= 15 is 0 Å². The van der Waals surface area contributed by atoms with Crippen LogP contribution in [-0.2, 0) is 4.79 Å². The molecule has 1 aromatic heterocycles. The van der Waals surface area contributed by atoms with Gasteiger partial charge in [0.1, 0.15) is 17.3 Å². The lowest BCUT2D eigenvalue weighted by molar-refractivity contribution is -0.113. The van der Waals surface area contributed by atoms with Crippen molar-refractivity contribution in [1.29, 1.82) is 0 Å². The summed E-state index contributed by atoms with van der Waals surface area (Å²) in [6.45, 7) is 0. The maximum absolute atomic E-state index is 13.3. The third kappa shape index (κ3) is 3.50. The van der Waals surface area contributed by atoms with Crippen LogP contribution >= 0.6 is 22.9 Å². The third-order valence-corrected chi connectivity index (χ3v) is 6.55. The number of nitrogens with zero attached hydrogens (tertiary/aromatic N) is 2. The van der Waals surface area contributed by atoms with Crippen LogP contribution in [0.3, 0.4) is 0 Å². The molecule has 0 saturated carbocycles. The van der Waals surface area contributed by atoms with Crippen LogP contribution in [0.1, 0.15) is 10.4 Å². The number of aromatic hydroxyl groups is 1. The number of hydrogen-bond donors (Lipinski definition) is 1. The van der Waals surface area contributed by atoms with Crippen molar-refractivity contribution >= 4 is 56.5 Å². The highest BCUT2D eigenvalue weighted by Crippen LogP contribution is 2.39. The van der Waals surface area contributed by atoms with E-state index in [2.05, 4.69) is 4.99 Å². The summed E-state index contributed by atoms with van der Waals surface area (Å²) in [6, 6.07) is 19.9. The maximum Gasteiger partial charge on any atom is 0.282 e. The van der Waals surface area contributed by atoms with E-state index in [1.807, 2.05) is 24.3 Å². The quantitative estimate of drug-likeness (QED) is 0.377. The average molecular weight is 449 g/mol. The zero-order chi connectivity index (χ0) is 21.5. The lowest BCUT2D eigenvalue weighted by Crippen LogP contribution is -2.32. The highest BCUT2D eigenvalue weighted by Gasteiger charge is 2.34. The molecular formula is C24H14ClFN2O2S. The van der Waals surface area contributed by atoms with E-state index in [4.69, 9.17) is 11.6 Å². The van der Waals surface area contributed by atoms with E-state index in [-0.39, 0.29) is 23.2 Å². The van der Waals surface area contributed by atoms with E-state index in [1.165, 1.54) is 40.5 Å². The molecule has 0 bridgehead atoms. The zero-order valence-electron chi connectivity index (χ0n) is 15.9. The molecule has 0 saturated heterocycles. The van der Waals surface area contributed by atoms with E-state index in [1.54, 1.807) is 30.3 Å². The Morgan fingerprint density at radius 3 is 2.42 bits per heavy atom. The highest BCUT2D eigenvalue weighted by atomic mass is 35.5. The summed E-state index contributed by atoms with van der Waals surface area (Å²) in [5.41, 5.74) is 1.42. The topological polar surface area (TPSA) is 52.9 Å². The fourth-order valence-electron chi connectivity index (χ4n) is 3.38. The summed E-state index contributed by atoms with van der Waals surface area (Å²) < 4.78 is 14.3. The number of thiophene rings is 1. The first kappa shape index (κ1) is 19.5. The molecule has 2 heterocycles. The molecule has 0 aliphatic carbocycles. The zero-order valence-corrected chi connectivity index (χ0v) is 17.5. The van der Waals surface area contributed by atoms with Gasteiger partial charge < -0.3 is 5.11 Å². The van der Waals surface area contributed by atoms with Crippen LogP contribution in [-0.4, -0.2) is 16.8 Å². The molecule has 152 valence electrons. The van der Waals surface area contributed by atoms with Crippen LogP contribution < -0.4 is 4.90 Å². The molecule has 0 spiro atoms. The average Bonchev–Trinajstić information content (AvgIpc) is 3.28. The molecule has 0 radical (unpaired) electrons. The predicted octanol–water partition coefficient (Wildman–Crippen LogP) is 6.23. The van der Waals surface area contributed by atoms with Crippen LogP contribution in [0.15, 0.2) is 83.5 Å². The van der Waals surface area contributed by atoms with Gasteiger partial charge in [0.2, 0.25) is 0 Å². The molecule has 4 aromatic rings. The number of amidine groups is 1. The number of amides is 1. The van der Waals surface area contributed by atoms with Crippen LogP contribution in [0.4, 0.5) is 10.1 Å². The first-order valence-corrected chi connectivity index (χ1v) is 10.6. The number of carbonyl (C=O) groups is 1. The van der Waals surface area contributed by atoms with Crippen LogP contribution in [0.25, 0.3) is 16.2 Å².